The molecule has 4 rings (SSSR count). The topological polar surface area (TPSA) is 15.3 Å². The number of benzene rings is 2. The number of alkyl halides is 18. The van der Waals surface area contributed by atoms with E-state index in [0.717, 1.165) is 4.90 Å². The van der Waals surface area contributed by atoms with E-state index in [1.807, 2.05) is 0 Å². The van der Waals surface area contributed by atoms with Crippen molar-refractivity contribution in [2.75, 3.05) is 23.3 Å². The number of rotatable bonds is 16. The van der Waals surface area contributed by atoms with E-state index in [2.05, 4.69) is 11.9 Å². The van der Waals surface area contributed by atoms with Gasteiger partial charge in [-0.15, -0.1) is 0 Å². The van der Waals surface area contributed by atoms with Gasteiger partial charge in [-0.05, 0) is 65.3 Å². The lowest BCUT2D eigenvalue weighted by atomic mass is 9.77. The van der Waals surface area contributed by atoms with Crippen molar-refractivity contribution in [1.82, 2.24) is 0 Å². The first-order valence-corrected chi connectivity index (χ1v) is 19.6. The Kier molecular flexibility index (Phi) is 14.4. The lowest BCUT2D eigenvalue weighted by molar-refractivity contribution is -0.396. The molecule has 1 aliphatic carbocycles. The summed E-state index contributed by atoms with van der Waals surface area (Å²) in [5.41, 5.74) is 0.595. The van der Waals surface area contributed by atoms with E-state index in [9.17, 15) is 79.0 Å². The molecule has 0 fully saturated rings. The van der Waals surface area contributed by atoms with E-state index >= 15 is 0 Å². The number of fused-ring (bicyclic) bond motifs is 1. The van der Waals surface area contributed by atoms with Crippen molar-refractivity contribution in [3.63, 3.8) is 0 Å². The lowest BCUT2D eigenvalue weighted by Gasteiger charge is -2.35. The van der Waals surface area contributed by atoms with Crippen molar-refractivity contribution < 1.29 is 79.0 Å². The monoisotopic (exact) mass is 962 g/mol. The van der Waals surface area contributed by atoms with Gasteiger partial charge >= 0.3 is 47.9 Å². The molecule has 356 valence electrons. The molecule has 1 heterocycles. The van der Waals surface area contributed by atoms with Crippen LogP contribution in [-0.4, -0.2) is 61.0 Å². The highest BCUT2D eigenvalue weighted by Gasteiger charge is 2.82. The number of hydrogen-bond acceptors (Lipinski definition) is 2. The highest BCUT2D eigenvalue weighted by Crippen LogP contribution is 2.56. The van der Waals surface area contributed by atoms with Crippen LogP contribution >= 0.6 is 11.6 Å². The summed E-state index contributed by atoms with van der Waals surface area (Å²) >= 11 is 6.81. The quantitative estimate of drug-likeness (QED) is 0.133. The molecule has 0 saturated heterocycles. The number of para-hydroxylation sites is 2. The Balaban J connectivity index is 1.58. The molecule has 2 nitrogen and oxygen atoms in total. The van der Waals surface area contributed by atoms with Gasteiger partial charge in [0.2, 0.25) is 0 Å². The zero-order valence-corrected chi connectivity index (χ0v) is 35.0. The van der Waals surface area contributed by atoms with Crippen molar-refractivity contribution >= 4 is 23.0 Å². The smallest absolute Gasteiger partial charge is 0.385 e. The van der Waals surface area contributed by atoms with Gasteiger partial charge in [0.15, 0.2) is 0 Å². The van der Waals surface area contributed by atoms with Crippen molar-refractivity contribution in [2.45, 2.75) is 119 Å². The summed E-state index contributed by atoms with van der Waals surface area (Å²) in [6, 6.07) is 11.9. The van der Waals surface area contributed by atoms with Crippen molar-refractivity contribution in [1.29, 1.82) is 0 Å². The Bertz CT molecular complexity index is 2170. The first kappa shape index (κ1) is 52.4. The maximum Gasteiger partial charge on any atom is 0.460 e. The van der Waals surface area contributed by atoms with Crippen molar-refractivity contribution in [3.05, 3.63) is 118 Å². The maximum absolute atomic E-state index is 14.7. The minimum Gasteiger partial charge on any atom is -0.385 e. The molecular formula is C43H41ClF18N2. The Morgan fingerprint density at radius 1 is 0.703 bits per heavy atom. The molecule has 1 N–H and O–H groups in total. The molecule has 0 atom stereocenters. The lowest BCUT2D eigenvalue weighted by Crippen LogP contribution is -2.61. The van der Waals surface area contributed by atoms with Crippen LogP contribution in [-0.2, 0) is 10.8 Å². The summed E-state index contributed by atoms with van der Waals surface area (Å²) in [5, 5.41) is 2.63. The second-order valence-corrected chi connectivity index (χ2v) is 16.8. The van der Waals surface area contributed by atoms with Gasteiger partial charge < -0.3 is 10.2 Å². The van der Waals surface area contributed by atoms with Crippen molar-refractivity contribution in [3.8, 4) is 0 Å². The zero-order chi connectivity index (χ0) is 48.9. The van der Waals surface area contributed by atoms with Crippen LogP contribution < -0.4 is 10.2 Å². The summed E-state index contributed by atoms with van der Waals surface area (Å²) in [4.78, 5) is 1.13. The average Bonchev–Trinajstić information content (AvgIpc) is 3.39. The van der Waals surface area contributed by atoms with Crippen LogP contribution in [0.5, 0.6) is 0 Å². The van der Waals surface area contributed by atoms with Gasteiger partial charge in [-0.1, -0.05) is 101 Å². The number of nitrogens with zero attached hydrogens (tertiary/aromatic N) is 1. The van der Waals surface area contributed by atoms with Gasteiger partial charge in [-0.3, -0.25) is 0 Å². The average molecular weight is 963 g/mol. The molecule has 0 spiro atoms. The normalized spacial score (nSPS) is 18.7. The highest BCUT2D eigenvalue weighted by molar-refractivity contribution is 6.32. The van der Waals surface area contributed by atoms with E-state index in [1.165, 1.54) is 48.6 Å². The summed E-state index contributed by atoms with van der Waals surface area (Å²) in [6.45, 7) is 8.40. The van der Waals surface area contributed by atoms with Crippen LogP contribution in [0.15, 0.2) is 107 Å². The standard InChI is InChI=1S/C43H41ClF18N2/c1-25(34(2,3)28-13-6-8-15-30(28)63-23-21-36(45,46)38(49,50)40(53,54)42(57,58)59)17-18-26-11-10-12-27(33(26)44)19-20-32-35(4,5)29-14-7-9-16-31(29)64(32)24-22-37(47,48)39(51,52)41(55,56)43(60,61)62/h6-9,13-20,63H,1,10-12,21-24H2,2-5H3/b18-17+,27-19+,32-20+. The maximum atomic E-state index is 14.7. The van der Waals surface area contributed by atoms with Gasteiger partial charge in [-0.25, -0.2) is 0 Å². The third-order valence-corrected chi connectivity index (χ3v) is 11.9. The Labute approximate surface area is 361 Å². The summed E-state index contributed by atoms with van der Waals surface area (Å²) in [5.74, 6) is -39.2. The summed E-state index contributed by atoms with van der Waals surface area (Å²) < 4.78 is 244. The van der Waals surface area contributed by atoms with Crippen LogP contribution in [0.4, 0.5) is 90.4 Å². The molecule has 0 bridgehead atoms. The van der Waals surface area contributed by atoms with Gasteiger partial charge in [0.25, 0.3) is 0 Å². The Morgan fingerprint density at radius 3 is 1.78 bits per heavy atom. The number of allylic oxidation sites excluding steroid dienone is 9. The van der Waals surface area contributed by atoms with E-state index in [0.29, 0.717) is 47.1 Å². The molecule has 0 saturated carbocycles. The fourth-order valence-electron chi connectivity index (χ4n) is 7.27. The van der Waals surface area contributed by atoms with E-state index in [-0.39, 0.29) is 22.1 Å². The SMILES string of the molecule is C=C(/C=C/C1=C(Cl)C(=C/C=C2/N(CCC(F)(F)C(F)(F)C(F)(F)C(F)(F)F)c3ccccc3C2(C)C)/CCC1)C(C)(C)c1ccccc1NCCC(F)(F)C(F)(F)C(F)(F)C(F)(F)F. The third kappa shape index (κ3) is 9.40. The van der Waals surface area contributed by atoms with Crippen LogP contribution in [0, 0.1) is 0 Å². The van der Waals surface area contributed by atoms with E-state index < -0.39 is 84.6 Å². The Hall–Kier alpha value is -4.23. The molecular weight excluding hydrogens is 922 g/mol. The second-order valence-electron chi connectivity index (χ2n) is 16.4. The number of halogens is 19. The molecule has 0 amide bonds. The van der Waals surface area contributed by atoms with E-state index in [1.54, 1.807) is 52.0 Å². The molecule has 1 aliphatic heterocycles. The molecule has 0 radical (unpaired) electrons. The zero-order valence-electron chi connectivity index (χ0n) is 34.2. The van der Waals surface area contributed by atoms with Crippen LogP contribution in [0.2, 0.25) is 0 Å². The van der Waals surface area contributed by atoms with Gasteiger partial charge in [-0.2, -0.15) is 79.0 Å². The highest BCUT2D eigenvalue weighted by atomic mass is 35.5. The number of nitrogens with one attached hydrogen (secondary N) is 1. The summed E-state index contributed by atoms with van der Waals surface area (Å²) in [6.07, 6.45) is -10.7. The largest absolute Gasteiger partial charge is 0.460 e. The predicted molar refractivity (Wildman–Crippen MR) is 207 cm³/mol. The number of anilines is 2. The first-order valence-electron chi connectivity index (χ1n) is 19.2. The Morgan fingerprint density at radius 2 is 1.22 bits per heavy atom. The minimum absolute atomic E-state index is 0.0413. The van der Waals surface area contributed by atoms with E-state index in [4.69, 9.17) is 11.6 Å². The second kappa shape index (κ2) is 17.5. The summed E-state index contributed by atoms with van der Waals surface area (Å²) in [7, 11) is 0. The van der Waals surface area contributed by atoms with Gasteiger partial charge in [0.1, 0.15) is 0 Å². The molecule has 64 heavy (non-hydrogen) atoms. The van der Waals surface area contributed by atoms with Gasteiger partial charge in [0.05, 0.1) is 0 Å². The molecule has 2 aromatic carbocycles. The third-order valence-electron chi connectivity index (χ3n) is 11.4. The molecule has 21 heteroatoms. The van der Waals surface area contributed by atoms with Crippen LogP contribution in [0.1, 0.15) is 70.9 Å². The molecule has 2 aromatic rings. The molecule has 0 unspecified atom stereocenters. The minimum atomic E-state index is -7.04. The van der Waals surface area contributed by atoms with Crippen LogP contribution in [0.25, 0.3) is 0 Å². The van der Waals surface area contributed by atoms with Crippen molar-refractivity contribution in [2.24, 2.45) is 0 Å². The predicted octanol–water partition coefficient (Wildman–Crippen LogP) is 15.5. The fraction of sp³-hybridized carbons (Fsp3) is 0.488. The molecule has 2 aliphatic rings. The van der Waals surface area contributed by atoms with Gasteiger partial charge in [0, 0.05) is 58.9 Å². The molecule has 0 aromatic heterocycles. The first-order chi connectivity index (χ1) is 28.9. The van der Waals surface area contributed by atoms with Crippen LogP contribution in [0.3, 0.4) is 0 Å². The number of hydrogen-bond donors (Lipinski definition) is 1. The fourth-order valence-corrected chi connectivity index (χ4v) is 7.58.